The van der Waals surface area contributed by atoms with Crippen LogP contribution in [0.25, 0.3) is 0 Å². The molecule has 2 N–H and O–H groups in total. The number of hydrogen-bond acceptors (Lipinski definition) is 5. The van der Waals surface area contributed by atoms with E-state index in [0.29, 0.717) is 17.1 Å². The minimum atomic E-state index is -0.833. The third kappa shape index (κ3) is 6.03. The molecule has 29 heavy (non-hydrogen) atoms. The van der Waals surface area contributed by atoms with Gasteiger partial charge in [0, 0.05) is 6.04 Å². The Kier molecular flexibility index (Phi) is 7.74. The predicted octanol–water partition coefficient (Wildman–Crippen LogP) is 3.01. The van der Waals surface area contributed by atoms with Gasteiger partial charge in [-0.15, -0.1) is 6.58 Å². The van der Waals surface area contributed by atoms with E-state index in [1.165, 1.54) is 12.1 Å². The maximum Gasteiger partial charge on any atom is 0.414 e. The van der Waals surface area contributed by atoms with Crippen molar-refractivity contribution >= 4 is 58.7 Å². The molecule has 1 aromatic rings. The van der Waals surface area contributed by atoms with Crippen molar-refractivity contribution in [3.8, 4) is 0 Å². The van der Waals surface area contributed by atoms with Crippen LogP contribution in [0.2, 0.25) is 10.0 Å². The molecule has 1 aliphatic heterocycles. The molecule has 1 heterocycles. The van der Waals surface area contributed by atoms with Gasteiger partial charge in [-0.25, -0.2) is 9.79 Å². The maximum absolute atomic E-state index is 12.0. The second kappa shape index (κ2) is 10.0. The largest absolute Gasteiger partial charge is 0.449 e. The summed E-state index contributed by atoms with van der Waals surface area (Å²) in [6.45, 7) is 7.07. The van der Waals surface area contributed by atoms with E-state index in [4.69, 9.17) is 27.9 Å². The first kappa shape index (κ1) is 22.4. The standard InChI is InChI=1S/C18H19Cl2N5O4/c1-4-5-8-29-18(28)24-16(21-11-6-7-12(19)13(20)9-11)23-17-22-14(26)15(27)25(17)10(2)3/h4,6-7,9-10H,1,5,8H2,2-3H3,(H2,21,22,23,24,26,28). The molecule has 1 saturated heterocycles. The highest BCUT2D eigenvalue weighted by atomic mass is 35.5. The van der Waals surface area contributed by atoms with E-state index in [9.17, 15) is 14.4 Å². The number of aliphatic imine (C=N–C) groups is 2. The van der Waals surface area contributed by atoms with E-state index in [1.807, 2.05) is 0 Å². The Morgan fingerprint density at radius 2 is 2.07 bits per heavy atom. The van der Waals surface area contributed by atoms with Crippen molar-refractivity contribution in [2.75, 3.05) is 6.61 Å². The van der Waals surface area contributed by atoms with Gasteiger partial charge in [0.15, 0.2) is 0 Å². The molecule has 1 aromatic carbocycles. The summed E-state index contributed by atoms with van der Waals surface area (Å²) in [5, 5.41) is 5.31. The highest BCUT2D eigenvalue weighted by Gasteiger charge is 2.37. The Labute approximate surface area is 177 Å². The van der Waals surface area contributed by atoms with Crippen LogP contribution >= 0.6 is 23.2 Å². The van der Waals surface area contributed by atoms with Gasteiger partial charge in [-0.05, 0) is 38.5 Å². The third-order valence-electron chi connectivity index (χ3n) is 3.50. The summed E-state index contributed by atoms with van der Waals surface area (Å²) < 4.78 is 4.99. The Bertz CT molecular complexity index is 898. The highest BCUT2D eigenvalue weighted by molar-refractivity contribution is 6.46. The second-order valence-electron chi connectivity index (χ2n) is 6.03. The zero-order valence-electron chi connectivity index (χ0n) is 15.7. The number of hydrogen-bond donors (Lipinski definition) is 2. The Morgan fingerprint density at radius 1 is 1.34 bits per heavy atom. The molecule has 0 aromatic heterocycles. The summed E-state index contributed by atoms with van der Waals surface area (Å²) >= 11 is 11.9. The molecule has 1 fully saturated rings. The molecule has 0 bridgehead atoms. The van der Waals surface area contributed by atoms with Gasteiger partial charge in [0.1, 0.15) is 0 Å². The minimum absolute atomic E-state index is 0.0693. The van der Waals surface area contributed by atoms with Crippen LogP contribution in [0.5, 0.6) is 0 Å². The number of ether oxygens (including phenoxy) is 1. The Morgan fingerprint density at radius 3 is 2.69 bits per heavy atom. The summed E-state index contributed by atoms with van der Waals surface area (Å²) in [6, 6.07) is 4.19. The molecule has 0 atom stereocenters. The SMILES string of the molecule is C=CCCOC(=O)NC(=Nc1ccc(Cl)c(Cl)c1)N=C1NC(=O)C(=O)N1C(C)C. The van der Waals surface area contributed by atoms with Crippen molar-refractivity contribution in [3.05, 3.63) is 40.9 Å². The molecule has 2 rings (SSSR count). The zero-order chi connectivity index (χ0) is 21.6. The lowest BCUT2D eigenvalue weighted by Crippen LogP contribution is -2.40. The molecule has 0 saturated carbocycles. The van der Waals surface area contributed by atoms with Crippen molar-refractivity contribution in [2.24, 2.45) is 9.98 Å². The number of carbonyl (C=O) groups is 3. The van der Waals surface area contributed by atoms with Gasteiger partial charge in [0.25, 0.3) is 0 Å². The first-order chi connectivity index (χ1) is 13.7. The number of nitrogens with zero attached hydrogens (tertiary/aromatic N) is 3. The molecule has 0 aliphatic carbocycles. The number of benzene rings is 1. The minimum Gasteiger partial charge on any atom is -0.449 e. The third-order valence-corrected chi connectivity index (χ3v) is 4.24. The molecule has 11 heteroatoms. The van der Waals surface area contributed by atoms with Crippen molar-refractivity contribution < 1.29 is 19.1 Å². The fraction of sp³-hybridized carbons (Fsp3) is 0.278. The lowest BCUT2D eigenvalue weighted by molar-refractivity contribution is -0.140. The van der Waals surface area contributed by atoms with Crippen LogP contribution in [-0.4, -0.2) is 47.4 Å². The van der Waals surface area contributed by atoms with E-state index in [-0.39, 0.29) is 29.6 Å². The summed E-state index contributed by atoms with van der Waals surface area (Å²) in [6.07, 6.45) is 1.24. The molecular formula is C18H19Cl2N5O4. The molecule has 0 spiro atoms. The van der Waals surface area contributed by atoms with Crippen LogP contribution in [-0.2, 0) is 14.3 Å². The zero-order valence-corrected chi connectivity index (χ0v) is 17.3. The normalized spacial score (nSPS) is 15.7. The number of carbonyl (C=O) groups excluding carboxylic acids is 3. The van der Waals surface area contributed by atoms with E-state index >= 15 is 0 Å². The van der Waals surface area contributed by atoms with Gasteiger partial charge in [-0.1, -0.05) is 29.3 Å². The number of halogens is 2. The van der Waals surface area contributed by atoms with Gasteiger partial charge in [-0.2, -0.15) is 4.99 Å². The summed E-state index contributed by atoms with van der Waals surface area (Å²) in [5.74, 6) is -1.89. The highest BCUT2D eigenvalue weighted by Crippen LogP contribution is 2.26. The number of nitrogens with one attached hydrogen (secondary N) is 2. The number of amides is 3. The molecule has 0 radical (unpaired) electrons. The Hall–Kier alpha value is -2.91. The van der Waals surface area contributed by atoms with Gasteiger partial charge < -0.3 is 4.74 Å². The molecule has 0 unspecified atom stereocenters. The molecule has 3 amide bonds. The fourth-order valence-corrected chi connectivity index (χ4v) is 2.49. The van der Waals surface area contributed by atoms with Crippen LogP contribution in [0, 0.1) is 0 Å². The van der Waals surface area contributed by atoms with E-state index in [0.717, 1.165) is 4.90 Å². The van der Waals surface area contributed by atoms with E-state index in [2.05, 4.69) is 27.2 Å². The van der Waals surface area contributed by atoms with Crippen molar-refractivity contribution in [1.29, 1.82) is 0 Å². The summed E-state index contributed by atoms with van der Waals surface area (Å²) in [5.41, 5.74) is 0.330. The number of guanidine groups is 2. The monoisotopic (exact) mass is 439 g/mol. The van der Waals surface area contributed by atoms with Gasteiger partial charge >= 0.3 is 17.9 Å². The van der Waals surface area contributed by atoms with Crippen molar-refractivity contribution in [2.45, 2.75) is 26.3 Å². The molecule has 9 nitrogen and oxygen atoms in total. The van der Waals surface area contributed by atoms with Crippen LogP contribution in [0.3, 0.4) is 0 Å². The molecule has 1 aliphatic rings. The van der Waals surface area contributed by atoms with Crippen LogP contribution in [0.1, 0.15) is 20.3 Å². The van der Waals surface area contributed by atoms with Gasteiger partial charge in [-0.3, -0.25) is 25.1 Å². The topological polar surface area (TPSA) is 112 Å². The number of alkyl carbamates (subject to hydrolysis) is 1. The van der Waals surface area contributed by atoms with Crippen molar-refractivity contribution in [1.82, 2.24) is 15.5 Å². The predicted molar refractivity (Wildman–Crippen MR) is 110 cm³/mol. The van der Waals surface area contributed by atoms with E-state index in [1.54, 1.807) is 26.0 Å². The number of rotatable bonds is 5. The van der Waals surface area contributed by atoms with E-state index < -0.39 is 17.9 Å². The van der Waals surface area contributed by atoms with Gasteiger partial charge in [0.2, 0.25) is 11.9 Å². The van der Waals surface area contributed by atoms with Gasteiger partial charge in [0.05, 0.1) is 22.3 Å². The van der Waals surface area contributed by atoms with Crippen molar-refractivity contribution in [3.63, 3.8) is 0 Å². The fourth-order valence-electron chi connectivity index (χ4n) is 2.20. The first-order valence-corrected chi connectivity index (χ1v) is 9.30. The summed E-state index contributed by atoms with van der Waals surface area (Å²) in [4.78, 5) is 45.3. The smallest absolute Gasteiger partial charge is 0.414 e. The first-order valence-electron chi connectivity index (χ1n) is 8.54. The lowest BCUT2D eigenvalue weighted by Gasteiger charge is -2.18. The second-order valence-corrected chi connectivity index (χ2v) is 6.84. The average molecular weight is 440 g/mol. The Balaban J connectivity index is 2.38. The van der Waals surface area contributed by atoms with Crippen LogP contribution in [0.4, 0.5) is 10.5 Å². The summed E-state index contributed by atoms with van der Waals surface area (Å²) in [7, 11) is 0. The molecule has 154 valence electrons. The molecular weight excluding hydrogens is 421 g/mol. The van der Waals surface area contributed by atoms with Crippen LogP contribution in [0.15, 0.2) is 40.8 Å². The maximum atomic E-state index is 12.0. The average Bonchev–Trinajstić information content (AvgIpc) is 2.92. The lowest BCUT2D eigenvalue weighted by atomic mass is 10.3. The van der Waals surface area contributed by atoms with Crippen LogP contribution < -0.4 is 10.6 Å². The quantitative estimate of drug-likeness (QED) is 0.241.